The van der Waals surface area contributed by atoms with Crippen LogP contribution < -0.4 is 15.4 Å². The Balaban J connectivity index is 1.37. The number of carbonyl (C=O) groups is 1. The molecule has 0 aliphatic heterocycles. The lowest BCUT2D eigenvalue weighted by Gasteiger charge is -2.14. The summed E-state index contributed by atoms with van der Waals surface area (Å²) in [6, 6.07) is 20.0. The quantitative estimate of drug-likeness (QED) is 0.205. The van der Waals surface area contributed by atoms with Gasteiger partial charge in [-0.3, -0.25) is 10.1 Å². The molecule has 0 saturated heterocycles. The van der Waals surface area contributed by atoms with Gasteiger partial charge < -0.3 is 14.5 Å². The molecule has 0 fully saturated rings. The summed E-state index contributed by atoms with van der Waals surface area (Å²) in [6.45, 7) is 0. The molecular weight excluding hydrogens is 585 g/mol. The summed E-state index contributed by atoms with van der Waals surface area (Å²) in [5.41, 5.74) is 2.68. The molecule has 180 valence electrons. The van der Waals surface area contributed by atoms with Crippen molar-refractivity contribution in [1.82, 2.24) is 10.3 Å². The van der Waals surface area contributed by atoms with Crippen LogP contribution in [0, 0.1) is 0 Å². The second kappa shape index (κ2) is 10.1. The number of rotatable bonds is 4. The molecule has 36 heavy (non-hydrogen) atoms. The highest BCUT2D eigenvalue weighted by atomic mass is 79.9. The fourth-order valence-electron chi connectivity index (χ4n) is 3.80. The van der Waals surface area contributed by atoms with E-state index in [0.29, 0.717) is 54.1 Å². The molecule has 1 amide bonds. The molecule has 1 heterocycles. The molecule has 6 nitrogen and oxygen atoms in total. The number of fused-ring (bicyclic) bond motifs is 2. The Kier molecular flexibility index (Phi) is 6.85. The first-order valence-corrected chi connectivity index (χ1v) is 12.5. The number of oxazole rings is 1. The minimum absolute atomic E-state index is 0.121. The second-order valence-electron chi connectivity index (χ2n) is 7.74. The molecule has 4 aromatic carbocycles. The highest BCUT2D eigenvalue weighted by molar-refractivity contribution is 9.10. The van der Waals surface area contributed by atoms with Crippen molar-refractivity contribution < 1.29 is 13.9 Å². The minimum atomic E-state index is -0.405. The maximum absolute atomic E-state index is 13.1. The van der Waals surface area contributed by atoms with E-state index in [1.807, 2.05) is 42.5 Å². The van der Waals surface area contributed by atoms with Gasteiger partial charge in [0.05, 0.1) is 22.2 Å². The number of nitrogens with zero attached hydrogens (tertiary/aromatic N) is 1. The Morgan fingerprint density at radius 3 is 2.69 bits per heavy atom. The zero-order valence-corrected chi connectivity index (χ0v) is 22.5. The van der Waals surface area contributed by atoms with E-state index in [2.05, 4.69) is 31.5 Å². The highest BCUT2D eigenvalue weighted by Gasteiger charge is 2.19. The van der Waals surface area contributed by atoms with Crippen molar-refractivity contribution in [2.24, 2.45) is 0 Å². The minimum Gasteiger partial charge on any atom is -0.495 e. The van der Waals surface area contributed by atoms with Gasteiger partial charge in [-0.25, -0.2) is 4.98 Å². The molecule has 0 bridgehead atoms. The maximum atomic E-state index is 13.1. The van der Waals surface area contributed by atoms with Gasteiger partial charge in [-0.15, -0.1) is 0 Å². The summed E-state index contributed by atoms with van der Waals surface area (Å²) in [5, 5.41) is 8.54. The summed E-state index contributed by atoms with van der Waals surface area (Å²) in [4.78, 5) is 17.6. The smallest absolute Gasteiger partial charge is 0.261 e. The van der Waals surface area contributed by atoms with Crippen molar-refractivity contribution in [3.8, 4) is 17.2 Å². The van der Waals surface area contributed by atoms with Gasteiger partial charge in [-0.1, -0.05) is 53.5 Å². The van der Waals surface area contributed by atoms with Crippen molar-refractivity contribution >= 4 is 89.9 Å². The average molecular weight is 601 g/mol. The van der Waals surface area contributed by atoms with E-state index in [-0.39, 0.29) is 5.11 Å². The Morgan fingerprint density at radius 1 is 1.08 bits per heavy atom. The summed E-state index contributed by atoms with van der Waals surface area (Å²) < 4.78 is 12.0. The lowest BCUT2D eigenvalue weighted by molar-refractivity contribution is 0.0975. The largest absolute Gasteiger partial charge is 0.495 e. The SMILES string of the molecule is COc1c(C(=O)NC(=S)Nc2cccc(-c3nc4cc(Cl)cc(Cl)c4o3)c2)cc2ccccc2c1Br. The van der Waals surface area contributed by atoms with Crippen LogP contribution in [0.4, 0.5) is 5.69 Å². The highest BCUT2D eigenvalue weighted by Crippen LogP contribution is 2.37. The molecule has 5 rings (SSSR count). The van der Waals surface area contributed by atoms with Gasteiger partial charge in [0.1, 0.15) is 11.3 Å². The molecular formula is C26H16BrCl2N3O3S. The fraction of sp³-hybridized carbons (Fsp3) is 0.0385. The number of methoxy groups -OCH3 is 1. The van der Waals surface area contributed by atoms with Crippen molar-refractivity contribution in [3.05, 3.63) is 86.8 Å². The normalized spacial score (nSPS) is 11.0. The van der Waals surface area contributed by atoms with Gasteiger partial charge in [-0.05, 0) is 75.3 Å². The van der Waals surface area contributed by atoms with Crippen LogP contribution in [0.25, 0.3) is 33.3 Å². The molecule has 2 N–H and O–H groups in total. The number of halogens is 3. The third-order valence-corrected chi connectivity index (χ3v) is 6.88. The monoisotopic (exact) mass is 599 g/mol. The Hall–Kier alpha value is -3.17. The molecule has 10 heteroatoms. The van der Waals surface area contributed by atoms with Crippen molar-refractivity contribution in [1.29, 1.82) is 0 Å². The zero-order valence-electron chi connectivity index (χ0n) is 18.6. The third-order valence-electron chi connectivity index (χ3n) is 5.39. The third kappa shape index (κ3) is 4.77. The lowest BCUT2D eigenvalue weighted by Crippen LogP contribution is -2.34. The van der Waals surface area contributed by atoms with Crippen LogP contribution in [-0.2, 0) is 0 Å². The average Bonchev–Trinajstić information content (AvgIpc) is 3.28. The second-order valence-corrected chi connectivity index (χ2v) is 9.78. The van der Waals surface area contributed by atoms with E-state index in [4.69, 9.17) is 44.6 Å². The van der Waals surface area contributed by atoms with Crippen LogP contribution in [0.15, 0.2) is 75.6 Å². The molecule has 0 saturated carbocycles. The molecule has 0 aliphatic carbocycles. The van der Waals surface area contributed by atoms with Crippen molar-refractivity contribution in [3.63, 3.8) is 0 Å². The van der Waals surface area contributed by atoms with Gasteiger partial charge in [0.2, 0.25) is 5.89 Å². The van der Waals surface area contributed by atoms with Crippen LogP contribution in [0.2, 0.25) is 10.0 Å². The van der Waals surface area contributed by atoms with Gasteiger partial charge >= 0.3 is 0 Å². The van der Waals surface area contributed by atoms with Crippen LogP contribution in [-0.4, -0.2) is 23.1 Å². The first-order valence-electron chi connectivity index (χ1n) is 10.6. The number of benzene rings is 4. The molecule has 1 aromatic heterocycles. The number of hydrogen-bond donors (Lipinski definition) is 2. The van der Waals surface area contributed by atoms with Gasteiger partial charge in [-0.2, -0.15) is 0 Å². The van der Waals surface area contributed by atoms with Crippen LogP contribution in [0.3, 0.4) is 0 Å². The van der Waals surface area contributed by atoms with Crippen LogP contribution in [0.5, 0.6) is 5.75 Å². The van der Waals surface area contributed by atoms with Crippen molar-refractivity contribution in [2.75, 3.05) is 12.4 Å². The fourth-order valence-corrected chi connectivity index (χ4v) is 5.27. The van der Waals surface area contributed by atoms with Gasteiger partial charge in [0.25, 0.3) is 5.91 Å². The summed E-state index contributed by atoms with van der Waals surface area (Å²) in [7, 11) is 1.51. The number of amides is 1. The predicted octanol–water partition coefficient (Wildman–Crippen LogP) is 7.85. The maximum Gasteiger partial charge on any atom is 0.261 e. The molecule has 0 aliphatic rings. The van der Waals surface area contributed by atoms with E-state index in [1.165, 1.54) is 7.11 Å². The summed E-state index contributed by atoms with van der Waals surface area (Å²) >= 11 is 21.2. The Morgan fingerprint density at radius 2 is 1.89 bits per heavy atom. The van der Waals surface area contributed by atoms with E-state index < -0.39 is 5.91 Å². The first kappa shape index (κ1) is 24.5. The molecule has 5 aromatic rings. The molecule has 0 spiro atoms. The topological polar surface area (TPSA) is 76.4 Å². The van der Waals surface area contributed by atoms with Gasteiger partial charge in [0, 0.05) is 16.3 Å². The number of hydrogen-bond acceptors (Lipinski definition) is 5. The van der Waals surface area contributed by atoms with E-state index >= 15 is 0 Å². The lowest BCUT2D eigenvalue weighted by atomic mass is 10.1. The van der Waals surface area contributed by atoms with Gasteiger partial charge in [0.15, 0.2) is 10.7 Å². The van der Waals surface area contributed by atoms with E-state index in [1.54, 1.807) is 24.3 Å². The number of thiocarbonyl (C=S) groups is 1. The molecule has 0 radical (unpaired) electrons. The van der Waals surface area contributed by atoms with Crippen LogP contribution >= 0.6 is 51.3 Å². The molecule has 0 unspecified atom stereocenters. The number of nitrogens with one attached hydrogen (secondary N) is 2. The zero-order chi connectivity index (χ0) is 25.4. The van der Waals surface area contributed by atoms with E-state index in [9.17, 15) is 4.79 Å². The first-order chi connectivity index (χ1) is 17.3. The Labute approximate surface area is 229 Å². The standard InChI is InChI=1S/C26H16BrCl2N3O3S/c1-34-22-18(10-13-5-2-3-8-17(13)21(22)27)24(33)32-26(36)30-16-7-4-6-14(9-16)25-31-20-12-15(28)11-19(29)23(20)35-25/h2-12H,1H3,(H2,30,32,33,36). The number of anilines is 1. The predicted molar refractivity (Wildman–Crippen MR) is 151 cm³/mol. The Bertz CT molecular complexity index is 1670. The number of ether oxygens (including phenoxy) is 1. The molecule has 0 atom stereocenters. The van der Waals surface area contributed by atoms with Crippen molar-refractivity contribution in [2.45, 2.75) is 0 Å². The summed E-state index contributed by atoms with van der Waals surface area (Å²) in [5.74, 6) is 0.390. The number of carbonyl (C=O) groups excluding carboxylic acids is 1. The summed E-state index contributed by atoms with van der Waals surface area (Å²) in [6.07, 6.45) is 0. The number of aromatic nitrogens is 1. The van der Waals surface area contributed by atoms with E-state index in [0.717, 1.165) is 10.8 Å². The van der Waals surface area contributed by atoms with Crippen LogP contribution in [0.1, 0.15) is 10.4 Å².